The molecule has 0 spiro atoms. The van der Waals surface area contributed by atoms with E-state index in [1.807, 2.05) is 0 Å². The Labute approximate surface area is 95.1 Å². The molecule has 0 aromatic heterocycles. The Morgan fingerprint density at radius 2 is 2.00 bits per heavy atom. The van der Waals surface area contributed by atoms with Crippen LogP contribution in [-0.2, 0) is 0 Å². The van der Waals surface area contributed by atoms with Gasteiger partial charge in [0.15, 0.2) is 0 Å². The molecule has 0 fully saturated rings. The summed E-state index contributed by atoms with van der Waals surface area (Å²) in [6.07, 6.45) is -2.56. The molecule has 1 aromatic rings. The number of hydrogen-bond donors (Lipinski definition) is 2. The van der Waals surface area contributed by atoms with Gasteiger partial charge in [0.2, 0.25) is 0 Å². The number of rotatable bonds is 4. The van der Waals surface area contributed by atoms with E-state index >= 15 is 0 Å². The van der Waals surface area contributed by atoms with Gasteiger partial charge in [0.25, 0.3) is 6.43 Å². The lowest BCUT2D eigenvalue weighted by atomic mass is 10.3. The van der Waals surface area contributed by atoms with E-state index in [4.69, 9.17) is 33.8 Å². The van der Waals surface area contributed by atoms with Gasteiger partial charge in [-0.3, -0.25) is 5.84 Å². The number of anilines is 1. The summed E-state index contributed by atoms with van der Waals surface area (Å²) in [7, 11) is 0. The van der Waals surface area contributed by atoms with Crippen LogP contribution in [0.3, 0.4) is 0 Å². The Bertz CT molecular complexity index is 350. The molecule has 0 aliphatic heterocycles. The second kappa shape index (κ2) is 5.34. The summed E-state index contributed by atoms with van der Waals surface area (Å²) in [5.74, 6) is 5.25. The number of hydrazine groups is 1. The molecular formula is C8H8Cl2F2N2O. The van der Waals surface area contributed by atoms with Crippen molar-refractivity contribution in [3.05, 3.63) is 22.2 Å². The molecule has 0 saturated carbocycles. The van der Waals surface area contributed by atoms with Crippen molar-refractivity contribution < 1.29 is 13.5 Å². The van der Waals surface area contributed by atoms with Gasteiger partial charge in [0.1, 0.15) is 12.4 Å². The van der Waals surface area contributed by atoms with Crippen molar-refractivity contribution in [2.75, 3.05) is 12.0 Å². The molecule has 0 amide bonds. The van der Waals surface area contributed by atoms with Crippen LogP contribution >= 0.6 is 23.2 Å². The van der Waals surface area contributed by atoms with Crippen LogP contribution in [0.15, 0.2) is 12.1 Å². The first-order chi connectivity index (χ1) is 7.04. The highest BCUT2D eigenvalue weighted by Gasteiger charge is 2.10. The molecule has 15 heavy (non-hydrogen) atoms. The smallest absolute Gasteiger partial charge is 0.272 e. The normalized spacial score (nSPS) is 10.5. The highest BCUT2D eigenvalue weighted by atomic mass is 35.5. The molecule has 0 bridgehead atoms. The van der Waals surface area contributed by atoms with Gasteiger partial charge >= 0.3 is 0 Å². The van der Waals surface area contributed by atoms with E-state index < -0.39 is 13.0 Å². The molecular weight excluding hydrogens is 249 g/mol. The summed E-state index contributed by atoms with van der Waals surface area (Å²) in [5.41, 5.74) is 2.64. The molecule has 0 atom stereocenters. The Morgan fingerprint density at radius 1 is 1.33 bits per heavy atom. The van der Waals surface area contributed by atoms with Crippen LogP contribution in [0.2, 0.25) is 10.0 Å². The third-order valence-corrected chi connectivity index (χ3v) is 2.15. The summed E-state index contributed by atoms with van der Waals surface area (Å²) in [4.78, 5) is 0. The molecule has 0 radical (unpaired) electrons. The quantitative estimate of drug-likeness (QED) is 0.644. The van der Waals surface area contributed by atoms with E-state index in [0.29, 0.717) is 5.69 Å². The largest absolute Gasteiger partial charge is 0.486 e. The van der Waals surface area contributed by atoms with E-state index in [1.54, 1.807) is 0 Å². The van der Waals surface area contributed by atoms with Crippen LogP contribution in [-0.4, -0.2) is 13.0 Å². The molecule has 7 heteroatoms. The first-order valence-corrected chi connectivity index (χ1v) is 4.66. The Hall–Kier alpha value is -0.780. The Morgan fingerprint density at radius 3 is 2.53 bits per heavy atom. The van der Waals surface area contributed by atoms with E-state index in [2.05, 4.69) is 5.43 Å². The SMILES string of the molecule is NNc1cc(OCC(F)F)c(Cl)cc1Cl. The van der Waals surface area contributed by atoms with Gasteiger partial charge in [-0.25, -0.2) is 8.78 Å². The van der Waals surface area contributed by atoms with Crippen LogP contribution in [0.5, 0.6) is 5.75 Å². The summed E-state index contributed by atoms with van der Waals surface area (Å²) in [5, 5.41) is 0.437. The predicted octanol–water partition coefficient (Wildman–Crippen LogP) is 2.92. The predicted molar refractivity (Wildman–Crippen MR) is 55.8 cm³/mol. The Kier molecular flexibility index (Phi) is 4.38. The fourth-order valence-corrected chi connectivity index (χ4v) is 1.40. The van der Waals surface area contributed by atoms with Gasteiger partial charge in [-0.05, 0) is 6.07 Å². The summed E-state index contributed by atoms with van der Waals surface area (Å²) in [6, 6.07) is 2.71. The molecule has 0 heterocycles. The molecule has 0 aliphatic rings. The fourth-order valence-electron chi connectivity index (χ4n) is 0.903. The van der Waals surface area contributed by atoms with Crippen LogP contribution in [0.25, 0.3) is 0 Å². The molecule has 1 aromatic carbocycles. The summed E-state index contributed by atoms with van der Waals surface area (Å²) >= 11 is 11.5. The molecule has 3 nitrogen and oxygen atoms in total. The van der Waals surface area contributed by atoms with E-state index in [1.165, 1.54) is 12.1 Å². The maximum absolute atomic E-state index is 11.9. The molecule has 0 aliphatic carbocycles. The molecule has 3 N–H and O–H groups in total. The minimum Gasteiger partial charge on any atom is -0.486 e. The zero-order valence-corrected chi connectivity index (χ0v) is 8.95. The Balaban J connectivity index is 2.87. The number of nitrogens with two attached hydrogens (primary N) is 1. The second-order valence-electron chi connectivity index (χ2n) is 2.61. The lowest BCUT2D eigenvalue weighted by Crippen LogP contribution is -2.10. The van der Waals surface area contributed by atoms with E-state index in [-0.39, 0.29) is 15.8 Å². The van der Waals surface area contributed by atoms with Crippen LogP contribution in [0.1, 0.15) is 0 Å². The number of nitrogens with one attached hydrogen (secondary N) is 1. The molecule has 1 rings (SSSR count). The minimum absolute atomic E-state index is 0.106. The van der Waals surface area contributed by atoms with Gasteiger partial charge in [-0.1, -0.05) is 23.2 Å². The highest BCUT2D eigenvalue weighted by molar-refractivity contribution is 6.37. The van der Waals surface area contributed by atoms with E-state index in [9.17, 15) is 8.78 Å². The standard InChI is InChI=1S/C8H8Cl2F2N2O/c9-4-1-5(10)7(2-6(4)14-13)15-3-8(11)12/h1-2,8,14H,3,13H2. The number of halogens is 4. The molecule has 0 unspecified atom stereocenters. The van der Waals surface area contributed by atoms with Crippen LogP contribution in [0.4, 0.5) is 14.5 Å². The zero-order chi connectivity index (χ0) is 11.4. The number of alkyl halides is 2. The lowest BCUT2D eigenvalue weighted by molar-refractivity contribution is 0.0820. The van der Waals surface area contributed by atoms with Crippen molar-refractivity contribution in [2.24, 2.45) is 5.84 Å². The van der Waals surface area contributed by atoms with Crippen molar-refractivity contribution in [1.29, 1.82) is 0 Å². The second-order valence-corrected chi connectivity index (χ2v) is 3.42. The summed E-state index contributed by atoms with van der Waals surface area (Å²) < 4.78 is 28.5. The monoisotopic (exact) mass is 256 g/mol. The first kappa shape index (κ1) is 12.3. The van der Waals surface area contributed by atoms with Crippen molar-refractivity contribution in [1.82, 2.24) is 0 Å². The number of nitrogen functional groups attached to an aromatic ring is 1. The minimum atomic E-state index is -2.56. The van der Waals surface area contributed by atoms with Crippen molar-refractivity contribution in [3.8, 4) is 5.75 Å². The first-order valence-electron chi connectivity index (χ1n) is 3.91. The third kappa shape index (κ3) is 3.37. The number of ether oxygens (including phenoxy) is 1. The van der Waals surface area contributed by atoms with Gasteiger partial charge in [-0.15, -0.1) is 0 Å². The topological polar surface area (TPSA) is 47.3 Å². The van der Waals surface area contributed by atoms with Crippen LogP contribution < -0.4 is 16.0 Å². The molecule has 84 valence electrons. The maximum atomic E-state index is 11.9. The van der Waals surface area contributed by atoms with Gasteiger partial charge in [0, 0.05) is 6.07 Å². The van der Waals surface area contributed by atoms with Crippen molar-refractivity contribution >= 4 is 28.9 Å². The van der Waals surface area contributed by atoms with Crippen molar-refractivity contribution in [3.63, 3.8) is 0 Å². The van der Waals surface area contributed by atoms with E-state index in [0.717, 1.165) is 0 Å². The third-order valence-electron chi connectivity index (χ3n) is 1.54. The highest BCUT2D eigenvalue weighted by Crippen LogP contribution is 2.33. The van der Waals surface area contributed by atoms with Gasteiger partial charge in [-0.2, -0.15) is 0 Å². The van der Waals surface area contributed by atoms with Crippen molar-refractivity contribution in [2.45, 2.75) is 6.43 Å². The average molecular weight is 257 g/mol. The number of hydrogen-bond acceptors (Lipinski definition) is 3. The molecule has 0 saturated heterocycles. The van der Waals surface area contributed by atoms with Crippen LogP contribution in [0, 0.1) is 0 Å². The zero-order valence-electron chi connectivity index (χ0n) is 7.44. The van der Waals surface area contributed by atoms with Gasteiger partial charge < -0.3 is 10.2 Å². The lowest BCUT2D eigenvalue weighted by Gasteiger charge is -2.10. The number of benzene rings is 1. The maximum Gasteiger partial charge on any atom is 0.272 e. The fraction of sp³-hybridized carbons (Fsp3) is 0.250. The van der Waals surface area contributed by atoms with Gasteiger partial charge in [0.05, 0.1) is 15.7 Å². The average Bonchev–Trinajstić information content (AvgIpc) is 2.16. The summed E-state index contributed by atoms with van der Waals surface area (Å²) in [6.45, 7) is -0.731.